The minimum absolute atomic E-state index is 0.114. The van der Waals surface area contributed by atoms with Crippen LogP contribution in [0.2, 0.25) is 0 Å². The molecule has 0 amide bonds. The first-order valence-corrected chi connectivity index (χ1v) is 5.38. The maximum atomic E-state index is 12.8. The van der Waals surface area contributed by atoms with Crippen LogP contribution in [0.4, 0.5) is 22.0 Å². The summed E-state index contributed by atoms with van der Waals surface area (Å²) in [4.78, 5) is 0.795. The van der Waals surface area contributed by atoms with Gasteiger partial charge in [0.25, 0.3) is 5.92 Å². The zero-order valence-electron chi connectivity index (χ0n) is 9.74. The van der Waals surface area contributed by atoms with Crippen molar-refractivity contribution >= 4 is 0 Å². The summed E-state index contributed by atoms with van der Waals surface area (Å²) >= 11 is 0. The molecule has 1 nitrogen and oxygen atoms in total. The molecule has 1 aliphatic heterocycles. The predicted octanol–water partition coefficient (Wildman–Crippen LogP) is 3.69. The summed E-state index contributed by atoms with van der Waals surface area (Å²) < 4.78 is 61.5. The predicted molar refractivity (Wildman–Crippen MR) is 52.6 cm³/mol. The average Bonchev–Trinajstić information content (AvgIpc) is 2.12. The van der Waals surface area contributed by atoms with Crippen LogP contribution >= 0.6 is 0 Å². The van der Waals surface area contributed by atoms with Crippen LogP contribution in [0, 0.1) is 0 Å². The van der Waals surface area contributed by atoms with Gasteiger partial charge in [-0.3, -0.25) is 4.90 Å². The van der Waals surface area contributed by atoms with Crippen molar-refractivity contribution in [1.29, 1.82) is 0 Å². The Morgan fingerprint density at radius 3 is 2.19 bits per heavy atom. The smallest absolute Gasteiger partial charge is 0.286 e. The molecule has 1 saturated heterocycles. The Morgan fingerprint density at radius 1 is 1.25 bits per heavy atom. The van der Waals surface area contributed by atoms with E-state index in [1.54, 1.807) is 6.92 Å². The Bertz CT molecular complexity index is 200. The van der Waals surface area contributed by atoms with Gasteiger partial charge in [-0.1, -0.05) is 13.8 Å². The molecule has 1 fully saturated rings. The second-order valence-corrected chi connectivity index (χ2v) is 3.76. The lowest BCUT2D eigenvalue weighted by atomic mass is 10.0. The number of hydrogen-bond donors (Lipinski definition) is 0. The zero-order valence-corrected chi connectivity index (χ0v) is 9.74. The maximum Gasteiger partial charge on any atom is 0.401 e. The van der Waals surface area contributed by atoms with Crippen LogP contribution in [-0.2, 0) is 0 Å². The van der Waals surface area contributed by atoms with Gasteiger partial charge < -0.3 is 0 Å². The fourth-order valence-corrected chi connectivity index (χ4v) is 1.58. The van der Waals surface area contributed by atoms with Crippen LogP contribution in [0.3, 0.4) is 0 Å². The molecule has 0 N–H and O–H groups in total. The molecule has 1 heterocycles. The molecule has 1 unspecified atom stereocenters. The molecule has 0 saturated carbocycles. The van der Waals surface area contributed by atoms with Gasteiger partial charge in [0.1, 0.15) is 0 Å². The molecule has 0 aromatic carbocycles. The van der Waals surface area contributed by atoms with Crippen molar-refractivity contribution in [2.45, 2.75) is 51.8 Å². The van der Waals surface area contributed by atoms with Crippen LogP contribution in [0.25, 0.3) is 0 Å². The number of piperidine rings is 1. The molecular weight excluding hydrogens is 229 g/mol. The highest BCUT2D eigenvalue weighted by molar-refractivity contribution is 4.84. The fraction of sp³-hybridized carbons (Fsp3) is 1.00. The van der Waals surface area contributed by atoms with Crippen molar-refractivity contribution < 1.29 is 22.0 Å². The topological polar surface area (TPSA) is 3.24 Å². The van der Waals surface area contributed by atoms with Gasteiger partial charge in [-0.05, 0) is 13.3 Å². The van der Waals surface area contributed by atoms with Gasteiger partial charge in [-0.2, -0.15) is 13.2 Å². The summed E-state index contributed by atoms with van der Waals surface area (Å²) in [5, 5.41) is 0. The zero-order chi connectivity index (χ0) is 13.0. The number of likely N-dealkylation sites (tertiary alicyclic amines) is 1. The van der Waals surface area contributed by atoms with E-state index >= 15 is 0 Å². The van der Waals surface area contributed by atoms with E-state index in [9.17, 15) is 22.0 Å². The van der Waals surface area contributed by atoms with E-state index < -0.39 is 31.2 Å². The molecule has 0 aliphatic carbocycles. The molecule has 1 atom stereocenters. The Balaban J connectivity index is 0.00000106. The van der Waals surface area contributed by atoms with Crippen molar-refractivity contribution in [3.05, 3.63) is 0 Å². The molecule has 0 bridgehead atoms. The number of hydrogen-bond acceptors (Lipinski definition) is 1. The van der Waals surface area contributed by atoms with E-state index in [2.05, 4.69) is 0 Å². The normalized spacial score (nSPS) is 25.9. The molecule has 0 aromatic rings. The van der Waals surface area contributed by atoms with Crippen molar-refractivity contribution in [2.75, 3.05) is 13.1 Å². The molecule has 1 rings (SSSR count). The van der Waals surface area contributed by atoms with Crippen LogP contribution in [0.15, 0.2) is 0 Å². The van der Waals surface area contributed by atoms with Gasteiger partial charge in [0.05, 0.1) is 13.1 Å². The summed E-state index contributed by atoms with van der Waals surface area (Å²) in [6, 6.07) is -0.420. The molecule has 98 valence electrons. The number of nitrogens with zero attached hydrogens (tertiary/aromatic N) is 1. The SMILES string of the molecule is CC.CC1CCC(F)(F)CN1CC(F)(F)F. The lowest BCUT2D eigenvalue weighted by molar-refractivity contribution is -0.171. The third kappa shape index (κ3) is 5.63. The van der Waals surface area contributed by atoms with E-state index in [1.165, 1.54) is 0 Å². The maximum absolute atomic E-state index is 12.8. The van der Waals surface area contributed by atoms with Crippen LogP contribution in [0.1, 0.15) is 33.6 Å². The van der Waals surface area contributed by atoms with Gasteiger partial charge in [0, 0.05) is 12.5 Å². The highest BCUT2D eigenvalue weighted by Crippen LogP contribution is 2.31. The van der Waals surface area contributed by atoms with Gasteiger partial charge in [-0.15, -0.1) is 0 Å². The van der Waals surface area contributed by atoms with Crippen molar-refractivity contribution in [3.63, 3.8) is 0 Å². The van der Waals surface area contributed by atoms with Crippen molar-refractivity contribution in [1.82, 2.24) is 4.90 Å². The second kappa shape index (κ2) is 5.80. The average molecular weight is 247 g/mol. The monoisotopic (exact) mass is 247 g/mol. The number of alkyl halides is 5. The highest BCUT2D eigenvalue weighted by atomic mass is 19.4. The van der Waals surface area contributed by atoms with Crippen LogP contribution in [-0.4, -0.2) is 36.1 Å². The standard InChI is InChI=1S/C8H12F5N.C2H6/c1-6-2-3-7(9,10)4-14(6)5-8(11,12)13;1-2/h6H,2-5H2,1H3;1-2H3. The number of halogens is 5. The summed E-state index contributed by atoms with van der Waals surface area (Å²) in [6.45, 7) is 3.51. The minimum Gasteiger partial charge on any atom is -0.286 e. The first kappa shape index (κ1) is 15.6. The minimum atomic E-state index is -4.40. The Morgan fingerprint density at radius 2 is 1.75 bits per heavy atom. The lowest BCUT2D eigenvalue weighted by Gasteiger charge is -2.37. The molecule has 1 aliphatic rings. The second-order valence-electron chi connectivity index (χ2n) is 3.76. The van der Waals surface area contributed by atoms with Gasteiger partial charge in [0.2, 0.25) is 0 Å². The lowest BCUT2D eigenvalue weighted by Crippen LogP contribution is -2.50. The number of rotatable bonds is 1. The first-order chi connectivity index (χ1) is 7.20. The molecule has 6 heteroatoms. The van der Waals surface area contributed by atoms with Crippen molar-refractivity contribution in [3.8, 4) is 0 Å². The molecule has 0 radical (unpaired) electrons. The first-order valence-electron chi connectivity index (χ1n) is 5.38. The summed E-state index contributed by atoms with van der Waals surface area (Å²) in [6.07, 6.45) is -4.60. The molecular formula is C10H18F5N. The van der Waals surface area contributed by atoms with E-state index in [-0.39, 0.29) is 12.8 Å². The summed E-state index contributed by atoms with van der Waals surface area (Å²) in [5.41, 5.74) is 0. The fourth-order valence-electron chi connectivity index (χ4n) is 1.58. The van der Waals surface area contributed by atoms with Crippen molar-refractivity contribution in [2.24, 2.45) is 0 Å². The van der Waals surface area contributed by atoms with E-state index in [0.29, 0.717) is 0 Å². The Hall–Kier alpha value is -0.390. The third-order valence-electron chi connectivity index (χ3n) is 2.37. The van der Waals surface area contributed by atoms with Gasteiger partial charge >= 0.3 is 6.18 Å². The Kier molecular flexibility index (Phi) is 5.65. The quantitative estimate of drug-likeness (QED) is 0.639. The summed E-state index contributed by atoms with van der Waals surface area (Å²) in [5.74, 6) is -2.97. The van der Waals surface area contributed by atoms with Crippen LogP contribution in [0.5, 0.6) is 0 Å². The Labute approximate surface area is 92.6 Å². The van der Waals surface area contributed by atoms with Gasteiger partial charge in [-0.25, -0.2) is 8.78 Å². The molecule has 0 aromatic heterocycles. The van der Waals surface area contributed by atoms with E-state index in [0.717, 1.165) is 4.90 Å². The molecule has 0 spiro atoms. The van der Waals surface area contributed by atoms with Crippen LogP contribution < -0.4 is 0 Å². The molecule has 16 heavy (non-hydrogen) atoms. The van der Waals surface area contributed by atoms with E-state index in [1.807, 2.05) is 13.8 Å². The third-order valence-corrected chi connectivity index (χ3v) is 2.37. The van der Waals surface area contributed by atoms with E-state index in [4.69, 9.17) is 0 Å². The largest absolute Gasteiger partial charge is 0.401 e. The van der Waals surface area contributed by atoms with Gasteiger partial charge in [0.15, 0.2) is 0 Å². The summed E-state index contributed by atoms with van der Waals surface area (Å²) in [7, 11) is 0. The highest BCUT2D eigenvalue weighted by Gasteiger charge is 2.42.